The average molecular weight is 336 g/mol. The van der Waals surface area contributed by atoms with Crippen LogP contribution in [0.25, 0.3) is 0 Å². The van der Waals surface area contributed by atoms with Gasteiger partial charge in [-0.2, -0.15) is 0 Å². The van der Waals surface area contributed by atoms with Crippen LogP contribution in [0.2, 0.25) is 0 Å². The number of nitrogens with one attached hydrogen (secondary N) is 1. The Labute approximate surface area is 145 Å². The lowest BCUT2D eigenvalue weighted by atomic mass is 10.3. The highest BCUT2D eigenvalue weighted by atomic mass is 16.5. The molecule has 0 aliphatic carbocycles. The third-order valence-electron chi connectivity index (χ3n) is 3.77. The molecule has 1 heterocycles. The molecule has 7 nitrogen and oxygen atoms in total. The lowest BCUT2D eigenvalue weighted by Gasteiger charge is -2.22. The molecular formula is C17H32N6O. The summed E-state index contributed by atoms with van der Waals surface area (Å²) in [5.41, 5.74) is 0. The first kappa shape index (κ1) is 20.2. The van der Waals surface area contributed by atoms with Gasteiger partial charge in [0.25, 0.3) is 0 Å². The highest BCUT2D eigenvalue weighted by Gasteiger charge is 2.08. The molecule has 0 amide bonds. The first-order chi connectivity index (χ1) is 11.6. The number of aliphatic imine (C=N–C) groups is 1. The second kappa shape index (κ2) is 11.6. The minimum absolute atomic E-state index is 0.511. The number of aromatic nitrogens is 3. The minimum Gasteiger partial charge on any atom is -0.382 e. The van der Waals surface area contributed by atoms with Crippen molar-refractivity contribution in [3.63, 3.8) is 0 Å². The predicted molar refractivity (Wildman–Crippen MR) is 98.1 cm³/mol. The first-order valence-corrected chi connectivity index (χ1v) is 8.63. The molecule has 7 heteroatoms. The summed E-state index contributed by atoms with van der Waals surface area (Å²) in [7, 11) is 4.02. The molecule has 24 heavy (non-hydrogen) atoms. The van der Waals surface area contributed by atoms with Crippen molar-refractivity contribution in [1.82, 2.24) is 25.0 Å². The fraction of sp³-hybridized carbons (Fsp3) is 0.706. The monoisotopic (exact) mass is 336 g/mol. The van der Waals surface area contributed by atoms with Gasteiger partial charge in [0, 0.05) is 40.4 Å². The summed E-state index contributed by atoms with van der Waals surface area (Å²) in [6.07, 6.45) is 4.96. The van der Waals surface area contributed by atoms with Crippen LogP contribution in [0.4, 0.5) is 0 Å². The molecule has 0 saturated carbocycles. The van der Waals surface area contributed by atoms with E-state index in [1.807, 2.05) is 31.5 Å². The Morgan fingerprint density at radius 2 is 2.21 bits per heavy atom. The van der Waals surface area contributed by atoms with E-state index in [1.54, 1.807) is 0 Å². The number of hydrogen-bond donors (Lipinski definition) is 1. The Balaban J connectivity index is 2.62. The molecule has 136 valence electrons. The van der Waals surface area contributed by atoms with Gasteiger partial charge in [-0.1, -0.05) is 6.08 Å². The van der Waals surface area contributed by atoms with Crippen molar-refractivity contribution in [3.05, 3.63) is 24.3 Å². The molecule has 1 aromatic heterocycles. The molecule has 1 rings (SSSR count). The molecule has 1 N–H and O–H groups in total. The van der Waals surface area contributed by atoms with E-state index in [4.69, 9.17) is 9.73 Å². The number of nitrogens with zero attached hydrogens (tertiary/aromatic N) is 5. The third kappa shape index (κ3) is 7.12. The van der Waals surface area contributed by atoms with Crippen molar-refractivity contribution in [3.8, 4) is 0 Å². The van der Waals surface area contributed by atoms with Crippen LogP contribution in [0.5, 0.6) is 0 Å². The second-order valence-electron chi connectivity index (χ2n) is 5.69. The predicted octanol–water partition coefficient (Wildman–Crippen LogP) is 1.89. The van der Waals surface area contributed by atoms with Gasteiger partial charge in [0.15, 0.2) is 11.8 Å². The maximum Gasteiger partial charge on any atom is 0.194 e. The van der Waals surface area contributed by atoms with Crippen molar-refractivity contribution in [2.24, 2.45) is 12.0 Å². The van der Waals surface area contributed by atoms with Crippen molar-refractivity contribution in [1.29, 1.82) is 0 Å². The van der Waals surface area contributed by atoms with E-state index in [1.165, 1.54) is 0 Å². The van der Waals surface area contributed by atoms with Crippen molar-refractivity contribution < 1.29 is 4.74 Å². The molecule has 0 aliphatic rings. The van der Waals surface area contributed by atoms with Crippen LogP contribution >= 0.6 is 0 Å². The number of aryl methyl sites for hydroxylation is 1. The summed E-state index contributed by atoms with van der Waals surface area (Å²) in [4.78, 5) is 6.85. The minimum atomic E-state index is 0.511. The molecular weight excluding hydrogens is 304 g/mol. The second-order valence-corrected chi connectivity index (χ2v) is 5.69. The molecule has 0 unspecified atom stereocenters. The molecule has 0 aromatic carbocycles. The number of hydrogen-bond acceptors (Lipinski definition) is 4. The maximum absolute atomic E-state index is 5.38. The highest BCUT2D eigenvalue weighted by molar-refractivity contribution is 5.79. The van der Waals surface area contributed by atoms with Crippen LogP contribution in [0.15, 0.2) is 17.6 Å². The average Bonchev–Trinajstić information content (AvgIpc) is 2.89. The van der Waals surface area contributed by atoms with Gasteiger partial charge in [-0.15, -0.1) is 16.8 Å². The van der Waals surface area contributed by atoms with Gasteiger partial charge in [-0.25, -0.2) is 4.99 Å². The summed E-state index contributed by atoms with van der Waals surface area (Å²) in [6.45, 7) is 11.5. The van der Waals surface area contributed by atoms with E-state index in [0.717, 1.165) is 63.2 Å². The number of unbranched alkanes of at least 4 members (excludes halogenated alkanes) is 1. The quantitative estimate of drug-likeness (QED) is 0.289. The summed E-state index contributed by atoms with van der Waals surface area (Å²) in [5, 5.41) is 11.7. The number of guanidine groups is 1. The van der Waals surface area contributed by atoms with Crippen LogP contribution in [0.3, 0.4) is 0 Å². The zero-order valence-corrected chi connectivity index (χ0v) is 15.6. The molecule has 0 radical (unpaired) electrons. The zero-order chi connectivity index (χ0) is 17.8. The largest absolute Gasteiger partial charge is 0.382 e. The van der Waals surface area contributed by atoms with Crippen LogP contribution in [-0.2, 0) is 18.3 Å². The third-order valence-corrected chi connectivity index (χ3v) is 3.77. The molecule has 0 atom stereocenters. The van der Waals surface area contributed by atoms with Crippen LogP contribution in [-0.4, -0.2) is 59.0 Å². The Morgan fingerprint density at radius 1 is 1.42 bits per heavy atom. The zero-order valence-electron chi connectivity index (χ0n) is 15.6. The van der Waals surface area contributed by atoms with Crippen LogP contribution in [0, 0.1) is 6.92 Å². The van der Waals surface area contributed by atoms with Gasteiger partial charge < -0.3 is 19.5 Å². The van der Waals surface area contributed by atoms with Gasteiger partial charge in [-0.05, 0) is 33.1 Å². The lowest BCUT2D eigenvalue weighted by molar-refractivity contribution is 0.145. The molecule has 0 spiro atoms. The standard InChI is InChI=1S/C17H32N6O/c1-6-8-9-12-22(4)17(18-11-10-13-24-7-2)19-14-16-21-20-15(3)23(16)5/h6H,1,7-14H2,2-5H3,(H,18,19). The van der Waals surface area contributed by atoms with E-state index in [9.17, 15) is 0 Å². The van der Waals surface area contributed by atoms with Gasteiger partial charge in [0.2, 0.25) is 0 Å². The number of rotatable bonds is 11. The highest BCUT2D eigenvalue weighted by Crippen LogP contribution is 2.01. The van der Waals surface area contributed by atoms with Gasteiger partial charge in [0.1, 0.15) is 12.4 Å². The van der Waals surface area contributed by atoms with E-state index >= 15 is 0 Å². The van der Waals surface area contributed by atoms with Crippen LogP contribution in [0.1, 0.15) is 37.8 Å². The fourth-order valence-corrected chi connectivity index (χ4v) is 2.14. The Bertz CT molecular complexity index is 511. The Morgan fingerprint density at radius 3 is 2.83 bits per heavy atom. The van der Waals surface area contributed by atoms with Crippen molar-refractivity contribution in [2.75, 3.05) is 33.4 Å². The summed E-state index contributed by atoms with van der Waals surface area (Å²) in [5.74, 6) is 2.64. The Hall–Kier alpha value is -1.89. The molecule has 1 aromatic rings. The summed E-state index contributed by atoms with van der Waals surface area (Å²) in [6, 6.07) is 0. The van der Waals surface area contributed by atoms with Gasteiger partial charge in [-0.3, -0.25) is 0 Å². The van der Waals surface area contributed by atoms with Gasteiger partial charge >= 0.3 is 0 Å². The molecule has 0 bridgehead atoms. The van der Waals surface area contributed by atoms with Crippen molar-refractivity contribution >= 4 is 5.96 Å². The fourth-order valence-electron chi connectivity index (χ4n) is 2.14. The van der Waals surface area contributed by atoms with E-state index in [-0.39, 0.29) is 0 Å². The SMILES string of the molecule is C=CCCCN(C)C(=NCc1nnc(C)n1C)NCCCOCC. The number of allylic oxidation sites excluding steroid dienone is 1. The van der Waals surface area contributed by atoms with E-state index in [2.05, 4.69) is 34.0 Å². The van der Waals surface area contributed by atoms with E-state index in [0.29, 0.717) is 6.54 Å². The molecule has 0 saturated heterocycles. The lowest BCUT2D eigenvalue weighted by Crippen LogP contribution is -2.40. The smallest absolute Gasteiger partial charge is 0.194 e. The van der Waals surface area contributed by atoms with Gasteiger partial charge in [0.05, 0.1) is 0 Å². The molecule has 0 fully saturated rings. The summed E-state index contributed by atoms with van der Waals surface area (Å²) < 4.78 is 7.34. The van der Waals surface area contributed by atoms with Crippen LogP contribution < -0.4 is 5.32 Å². The topological polar surface area (TPSA) is 67.6 Å². The maximum atomic E-state index is 5.38. The normalized spacial score (nSPS) is 11.6. The molecule has 0 aliphatic heterocycles. The summed E-state index contributed by atoms with van der Waals surface area (Å²) >= 11 is 0. The number of ether oxygens (including phenoxy) is 1. The van der Waals surface area contributed by atoms with E-state index < -0.39 is 0 Å². The first-order valence-electron chi connectivity index (χ1n) is 8.63. The van der Waals surface area contributed by atoms with Crippen molar-refractivity contribution in [2.45, 2.75) is 39.7 Å². The Kier molecular flexibility index (Phi) is 9.76.